The van der Waals surface area contributed by atoms with Crippen molar-refractivity contribution in [2.75, 3.05) is 13.2 Å². The first kappa shape index (κ1) is 27.1. The number of ketones is 2. The van der Waals surface area contributed by atoms with Crippen LogP contribution in [-0.2, 0) is 9.59 Å². The van der Waals surface area contributed by atoms with Gasteiger partial charge in [-0.25, -0.2) is 9.59 Å². The predicted octanol–water partition coefficient (Wildman–Crippen LogP) is 6.27. The van der Waals surface area contributed by atoms with Gasteiger partial charge in [-0.15, -0.1) is 0 Å². The molecule has 0 saturated carbocycles. The van der Waals surface area contributed by atoms with Gasteiger partial charge in [0.05, 0.1) is 34.1 Å². The molecule has 214 valence electrons. The highest BCUT2D eigenvalue weighted by Gasteiger charge is 2.25. The zero-order valence-electron chi connectivity index (χ0n) is 23.3. The van der Waals surface area contributed by atoms with Crippen LogP contribution in [0, 0.1) is 11.8 Å². The molecule has 0 radical (unpaired) electrons. The summed E-state index contributed by atoms with van der Waals surface area (Å²) in [5, 5.41) is 1.97. The molecule has 0 unspecified atom stereocenters. The molecule has 0 spiro atoms. The topological polar surface area (TPSA) is 139 Å². The minimum Gasteiger partial charge on any atom is -0.484 e. The lowest BCUT2D eigenvalue weighted by molar-refractivity contribution is -0.124. The first-order valence-electron chi connectivity index (χ1n) is 13.4. The maximum atomic E-state index is 12.5. The summed E-state index contributed by atoms with van der Waals surface area (Å²) in [6.45, 7) is 6.70. The lowest BCUT2D eigenvalue weighted by atomic mass is 10.00. The van der Waals surface area contributed by atoms with Gasteiger partial charge in [0.15, 0.2) is 11.6 Å². The Morgan fingerprint density at radius 2 is 1.05 bits per heavy atom. The second kappa shape index (κ2) is 10.4. The molecule has 0 N–H and O–H groups in total. The third-order valence-electron chi connectivity index (χ3n) is 7.13. The summed E-state index contributed by atoms with van der Waals surface area (Å²) >= 11 is 0. The summed E-state index contributed by atoms with van der Waals surface area (Å²) in [6.07, 6.45) is 3.00. The average Bonchev–Trinajstić information content (AvgIpc) is 3.56. The van der Waals surface area contributed by atoms with Crippen LogP contribution in [0.5, 0.6) is 11.5 Å². The minimum atomic E-state index is -0.546. The second-order valence-corrected chi connectivity index (χ2v) is 10.6. The molecule has 0 aliphatic rings. The summed E-state index contributed by atoms with van der Waals surface area (Å²) in [6, 6.07) is 8.85. The van der Waals surface area contributed by atoms with E-state index in [1.165, 1.54) is 24.7 Å². The van der Waals surface area contributed by atoms with Gasteiger partial charge < -0.3 is 27.1 Å². The lowest BCUT2D eigenvalue weighted by Crippen LogP contribution is -2.17. The Hall–Kier alpha value is -5.12. The number of carbonyl (C=O) groups excluding carboxylic acids is 2. The Labute approximate surface area is 237 Å². The molecule has 4 aromatic heterocycles. The number of hydrogen-bond donors (Lipinski definition) is 0. The van der Waals surface area contributed by atoms with Crippen LogP contribution in [0.1, 0.15) is 27.7 Å². The quantitative estimate of drug-likeness (QED) is 0.183. The number of ether oxygens (including phenoxy) is 2. The van der Waals surface area contributed by atoms with Gasteiger partial charge in [0.1, 0.15) is 47.0 Å². The molecule has 0 fully saturated rings. The number of fused-ring (bicyclic) bond motifs is 4. The van der Waals surface area contributed by atoms with Gasteiger partial charge in [0, 0.05) is 47.2 Å². The molecule has 4 heterocycles. The zero-order chi connectivity index (χ0) is 29.7. The smallest absolute Gasteiger partial charge is 0.336 e. The molecule has 0 amide bonds. The van der Waals surface area contributed by atoms with Crippen LogP contribution in [0.25, 0.3) is 55.0 Å². The van der Waals surface area contributed by atoms with Crippen LogP contribution in [0.3, 0.4) is 0 Å². The molecule has 6 rings (SSSR count). The Bertz CT molecular complexity index is 1980. The van der Waals surface area contributed by atoms with Gasteiger partial charge in [0.2, 0.25) is 0 Å². The molecule has 10 nitrogen and oxygen atoms in total. The van der Waals surface area contributed by atoms with Crippen molar-refractivity contribution in [2.45, 2.75) is 27.7 Å². The Kier molecular flexibility index (Phi) is 6.68. The van der Waals surface area contributed by atoms with Gasteiger partial charge in [-0.2, -0.15) is 0 Å². The normalized spacial score (nSPS) is 11.9. The van der Waals surface area contributed by atoms with E-state index < -0.39 is 11.3 Å². The molecule has 0 atom stereocenters. The minimum absolute atomic E-state index is 0.116. The fourth-order valence-corrected chi connectivity index (χ4v) is 4.70. The van der Waals surface area contributed by atoms with Gasteiger partial charge >= 0.3 is 11.3 Å². The summed E-state index contributed by atoms with van der Waals surface area (Å²) in [5.41, 5.74) is 1.15. The number of hydrogen-bond acceptors (Lipinski definition) is 10. The maximum absolute atomic E-state index is 12.5. The van der Waals surface area contributed by atoms with Gasteiger partial charge in [-0.1, -0.05) is 27.7 Å². The Morgan fingerprint density at radius 3 is 1.43 bits per heavy atom. The SMILES string of the molecule is CC(C)C(=O)COc1c2ccc(=O)oc2cc2occ(-c3coc4cc5oc(=O)ccc5c(OCC(=O)C(C)C)c34)c12. The molecular formula is C32H26O10. The highest BCUT2D eigenvalue weighted by atomic mass is 16.5. The van der Waals surface area contributed by atoms with Crippen molar-refractivity contribution in [1.29, 1.82) is 0 Å². The van der Waals surface area contributed by atoms with E-state index in [9.17, 15) is 19.2 Å². The Morgan fingerprint density at radius 1 is 0.643 bits per heavy atom. The monoisotopic (exact) mass is 570 g/mol. The van der Waals surface area contributed by atoms with Crippen LogP contribution >= 0.6 is 0 Å². The maximum Gasteiger partial charge on any atom is 0.336 e. The number of Topliss-reactive ketones (excluding diaryl/α,β-unsaturated/α-hetero) is 2. The van der Waals surface area contributed by atoms with Gasteiger partial charge in [0.25, 0.3) is 0 Å². The summed E-state index contributed by atoms with van der Waals surface area (Å²) in [7, 11) is 0. The molecule has 42 heavy (non-hydrogen) atoms. The van der Waals surface area contributed by atoms with E-state index in [0.29, 0.717) is 55.3 Å². The third kappa shape index (κ3) is 4.64. The van der Waals surface area contributed by atoms with E-state index >= 15 is 0 Å². The van der Waals surface area contributed by atoms with Crippen molar-refractivity contribution < 1.29 is 36.7 Å². The molecule has 0 aliphatic carbocycles. The molecule has 6 aromatic rings. The largest absolute Gasteiger partial charge is 0.484 e. The van der Waals surface area contributed by atoms with Crippen molar-refractivity contribution in [3.63, 3.8) is 0 Å². The number of benzene rings is 2. The van der Waals surface area contributed by atoms with E-state index in [4.69, 9.17) is 27.1 Å². The lowest BCUT2D eigenvalue weighted by Gasteiger charge is -2.13. The Balaban J connectivity index is 1.62. The number of furan rings is 2. The van der Waals surface area contributed by atoms with Crippen molar-refractivity contribution in [2.24, 2.45) is 11.8 Å². The number of carbonyl (C=O) groups is 2. The third-order valence-corrected chi connectivity index (χ3v) is 7.13. The van der Waals surface area contributed by atoms with Crippen LogP contribution in [0.15, 0.2) is 76.2 Å². The van der Waals surface area contributed by atoms with Crippen molar-refractivity contribution in [3.05, 3.63) is 69.8 Å². The fourth-order valence-electron chi connectivity index (χ4n) is 4.70. The van der Waals surface area contributed by atoms with E-state index in [0.717, 1.165) is 0 Å². The first-order chi connectivity index (χ1) is 20.1. The summed E-state index contributed by atoms with van der Waals surface area (Å²) in [5.74, 6) is -0.150. The van der Waals surface area contributed by atoms with Crippen LogP contribution in [0.4, 0.5) is 0 Å². The highest BCUT2D eigenvalue weighted by molar-refractivity contribution is 6.15. The van der Waals surface area contributed by atoms with Gasteiger partial charge in [-0.05, 0) is 12.1 Å². The summed E-state index contributed by atoms with van der Waals surface area (Å²) < 4.78 is 34.8. The molecule has 0 saturated heterocycles. The van der Waals surface area contributed by atoms with Crippen LogP contribution in [-0.4, -0.2) is 24.8 Å². The second-order valence-electron chi connectivity index (χ2n) is 10.6. The zero-order valence-corrected chi connectivity index (χ0v) is 23.3. The predicted molar refractivity (Wildman–Crippen MR) is 154 cm³/mol. The van der Waals surface area contributed by atoms with Crippen LogP contribution in [0.2, 0.25) is 0 Å². The van der Waals surface area contributed by atoms with E-state index in [1.807, 2.05) is 0 Å². The molecule has 0 bridgehead atoms. The number of rotatable bonds is 9. The van der Waals surface area contributed by atoms with E-state index in [-0.39, 0.29) is 47.8 Å². The molecule has 0 aliphatic heterocycles. The first-order valence-corrected chi connectivity index (χ1v) is 13.4. The standard InChI is InChI=1S/C32H26O10/c1-15(2)21(33)13-39-31-17-5-7-27(35)41-23(17)9-25-29(31)19(11-37-25)20-12-38-26-10-24-18(6-8-28(36)42-24)32(30(20)26)40-14-22(34)16(3)4/h5-12,15-16H,13-14H2,1-4H3. The fraction of sp³-hybridized carbons (Fsp3) is 0.250. The van der Waals surface area contributed by atoms with Gasteiger partial charge in [-0.3, -0.25) is 9.59 Å². The summed E-state index contributed by atoms with van der Waals surface area (Å²) in [4.78, 5) is 49.0. The van der Waals surface area contributed by atoms with Crippen molar-refractivity contribution in [1.82, 2.24) is 0 Å². The average molecular weight is 571 g/mol. The van der Waals surface area contributed by atoms with E-state index in [1.54, 1.807) is 52.0 Å². The molecular weight excluding hydrogens is 544 g/mol. The molecule has 2 aromatic carbocycles. The van der Waals surface area contributed by atoms with E-state index in [2.05, 4.69) is 0 Å². The van der Waals surface area contributed by atoms with Crippen molar-refractivity contribution in [3.8, 4) is 22.6 Å². The molecule has 10 heteroatoms. The van der Waals surface area contributed by atoms with Crippen LogP contribution < -0.4 is 20.7 Å². The van der Waals surface area contributed by atoms with Crippen molar-refractivity contribution >= 4 is 55.4 Å². The highest BCUT2D eigenvalue weighted by Crippen LogP contribution is 2.47.